The smallest absolute Gasteiger partial charge is 0.411 e. The lowest BCUT2D eigenvalue weighted by Gasteiger charge is -2.17. The molecule has 27 heavy (non-hydrogen) atoms. The first-order valence-corrected chi connectivity index (χ1v) is 10.4. The van der Waals surface area contributed by atoms with Crippen molar-refractivity contribution >= 4 is 33.1 Å². The number of carbonyl (C=O) groups excluding carboxylic acids is 1. The lowest BCUT2D eigenvalue weighted by atomic mass is 10.1. The number of aromatic nitrogens is 2. The van der Waals surface area contributed by atoms with E-state index in [0.717, 1.165) is 5.56 Å². The molecule has 0 saturated heterocycles. The summed E-state index contributed by atoms with van der Waals surface area (Å²) in [7, 11) is -2.47. The fraction of sp³-hybridized carbons (Fsp3) is 0.176. The van der Waals surface area contributed by atoms with Crippen LogP contribution >= 0.6 is 11.3 Å². The number of sulfonamides is 1. The molecular weight excluding hydrogens is 388 g/mol. The van der Waals surface area contributed by atoms with Crippen LogP contribution in [0.15, 0.2) is 64.4 Å². The van der Waals surface area contributed by atoms with E-state index in [9.17, 15) is 13.2 Å². The Hall–Kier alpha value is -2.69. The molecule has 10 heteroatoms. The standard InChI is InChI=1S/C17H18N4O4S2/c1-25-17(22)20-14-3-5-15(6-4-14)27(23,24)19-11-16(13-7-10-26-12-13)21-9-2-8-18-21/h2-10,12,16,19H,11H2,1H3,(H,20,22)/t16-/m1/s1. The van der Waals surface area contributed by atoms with E-state index in [2.05, 4.69) is 19.9 Å². The molecule has 0 unspecified atom stereocenters. The van der Waals surface area contributed by atoms with Gasteiger partial charge in [-0.1, -0.05) is 0 Å². The number of hydrogen-bond donors (Lipinski definition) is 2. The average Bonchev–Trinajstić information content (AvgIpc) is 3.37. The molecule has 2 N–H and O–H groups in total. The molecule has 0 bridgehead atoms. The third-order valence-electron chi connectivity index (χ3n) is 3.84. The number of rotatable bonds is 7. The molecule has 0 aliphatic rings. The minimum Gasteiger partial charge on any atom is -0.453 e. The Morgan fingerprint density at radius 1 is 1.30 bits per heavy atom. The summed E-state index contributed by atoms with van der Waals surface area (Å²) >= 11 is 1.54. The summed E-state index contributed by atoms with van der Waals surface area (Å²) in [6, 6.07) is 9.31. The van der Waals surface area contributed by atoms with Gasteiger partial charge in [0, 0.05) is 24.6 Å². The van der Waals surface area contributed by atoms with Crippen molar-refractivity contribution in [2.75, 3.05) is 19.0 Å². The van der Waals surface area contributed by atoms with Gasteiger partial charge in [0.25, 0.3) is 0 Å². The molecule has 1 aromatic carbocycles. The number of hydrogen-bond acceptors (Lipinski definition) is 6. The molecule has 0 aliphatic heterocycles. The van der Waals surface area contributed by atoms with E-state index in [-0.39, 0.29) is 17.5 Å². The minimum absolute atomic E-state index is 0.0995. The SMILES string of the molecule is COC(=O)Nc1ccc(S(=O)(=O)NC[C@H](c2ccsc2)n2cccn2)cc1. The summed E-state index contributed by atoms with van der Waals surface area (Å²) in [5.74, 6) is 0. The number of methoxy groups -OCH3 is 1. The molecule has 142 valence electrons. The molecule has 0 spiro atoms. The highest BCUT2D eigenvalue weighted by Gasteiger charge is 2.20. The highest BCUT2D eigenvalue weighted by molar-refractivity contribution is 7.89. The summed E-state index contributed by atoms with van der Waals surface area (Å²) in [4.78, 5) is 11.3. The fourth-order valence-corrected chi connectivity index (χ4v) is 4.20. The van der Waals surface area contributed by atoms with Gasteiger partial charge in [0.05, 0.1) is 18.0 Å². The molecule has 2 heterocycles. The number of carbonyl (C=O) groups is 1. The Morgan fingerprint density at radius 3 is 2.67 bits per heavy atom. The molecule has 1 atom stereocenters. The second kappa shape index (κ2) is 8.33. The molecule has 0 saturated carbocycles. The highest BCUT2D eigenvalue weighted by atomic mass is 32.2. The van der Waals surface area contributed by atoms with E-state index in [1.54, 1.807) is 34.5 Å². The first-order valence-electron chi connectivity index (χ1n) is 7.95. The van der Waals surface area contributed by atoms with Crippen LogP contribution in [0.5, 0.6) is 0 Å². The van der Waals surface area contributed by atoms with Crippen LogP contribution in [0.3, 0.4) is 0 Å². The number of benzene rings is 1. The number of nitrogens with one attached hydrogen (secondary N) is 2. The van der Waals surface area contributed by atoms with Crippen LogP contribution in [0.25, 0.3) is 0 Å². The van der Waals surface area contributed by atoms with Crippen molar-refractivity contribution in [2.24, 2.45) is 0 Å². The van der Waals surface area contributed by atoms with Crippen LogP contribution in [-0.2, 0) is 14.8 Å². The normalized spacial score (nSPS) is 12.5. The van der Waals surface area contributed by atoms with Crippen LogP contribution < -0.4 is 10.0 Å². The maximum atomic E-state index is 12.6. The number of nitrogens with zero attached hydrogens (tertiary/aromatic N) is 2. The van der Waals surface area contributed by atoms with Crippen molar-refractivity contribution in [3.05, 3.63) is 65.1 Å². The van der Waals surface area contributed by atoms with Crippen molar-refractivity contribution in [3.63, 3.8) is 0 Å². The summed E-state index contributed by atoms with van der Waals surface area (Å²) in [5.41, 5.74) is 1.41. The summed E-state index contributed by atoms with van der Waals surface area (Å²) < 4.78 is 34.1. The minimum atomic E-state index is -3.72. The largest absolute Gasteiger partial charge is 0.453 e. The Balaban J connectivity index is 1.72. The number of amides is 1. The van der Waals surface area contributed by atoms with Crippen molar-refractivity contribution < 1.29 is 17.9 Å². The number of thiophene rings is 1. The molecule has 3 aromatic rings. The lowest BCUT2D eigenvalue weighted by molar-refractivity contribution is 0.187. The molecule has 8 nitrogen and oxygen atoms in total. The number of anilines is 1. The second-order valence-corrected chi connectivity index (χ2v) is 8.10. The van der Waals surface area contributed by atoms with Crippen molar-refractivity contribution in [2.45, 2.75) is 10.9 Å². The van der Waals surface area contributed by atoms with Gasteiger partial charge < -0.3 is 4.74 Å². The summed E-state index contributed by atoms with van der Waals surface area (Å²) in [6.07, 6.45) is 2.83. The summed E-state index contributed by atoms with van der Waals surface area (Å²) in [6.45, 7) is 0.156. The Kier molecular flexibility index (Phi) is 5.89. The van der Waals surface area contributed by atoms with Gasteiger partial charge in [0.1, 0.15) is 0 Å². The van der Waals surface area contributed by atoms with Crippen molar-refractivity contribution in [1.29, 1.82) is 0 Å². The van der Waals surface area contributed by atoms with Crippen LogP contribution in [0.4, 0.5) is 10.5 Å². The Bertz CT molecular complexity index is 934. The van der Waals surface area contributed by atoms with Gasteiger partial charge in [-0.05, 0) is 52.7 Å². The zero-order valence-electron chi connectivity index (χ0n) is 14.4. The van der Waals surface area contributed by atoms with E-state index >= 15 is 0 Å². The van der Waals surface area contributed by atoms with Crippen LogP contribution in [0.2, 0.25) is 0 Å². The highest BCUT2D eigenvalue weighted by Crippen LogP contribution is 2.21. The zero-order chi connectivity index (χ0) is 19.3. The third kappa shape index (κ3) is 4.73. The van der Waals surface area contributed by atoms with Crippen LogP contribution in [-0.4, -0.2) is 37.9 Å². The monoisotopic (exact) mass is 406 g/mol. The van der Waals surface area contributed by atoms with E-state index in [1.807, 2.05) is 16.8 Å². The Morgan fingerprint density at radius 2 is 2.07 bits per heavy atom. The number of ether oxygens (including phenoxy) is 1. The maximum Gasteiger partial charge on any atom is 0.411 e. The van der Waals surface area contributed by atoms with Gasteiger partial charge in [-0.3, -0.25) is 10.00 Å². The topological polar surface area (TPSA) is 102 Å². The average molecular weight is 406 g/mol. The van der Waals surface area contributed by atoms with Gasteiger partial charge in [-0.2, -0.15) is 16.4 Å². The van der Waals surface area contributed by atoms with E-state index in [1.165, 1.54) is 31.4 Å². The van der Waals surface area contributed by atoms with Gasteiger partial charge in [-0.25, -0.2) is 17.9 Å². The molecule has 2 aromatic heterocycles. The molecule has 1 amide bonds. The first-order chi connectivity index (χ1) is 13.0. The zero-order valence-corrected chi connectivity index (χ0v) is 16.0. The van der Waals surface area contributed by atoms with E-state index < -0.39 is 16.1 Å². The quantitative estimate of drug-likeness (QED) is 0.628. The summed E-state index contributed by atoms with van der Waals surface area (Å²) in [5, 5.41) is 10.6. The predicted molar refractivity (Wildman–Crippen MR) is 102 cm³/mol. The maximum absolute atomic E-state index is 12.6. The van der Waals surface area contributed by atoms with Crippen molar-refractivity contribution in [1.82, 2.24) is 14.5 Å². The molecule has 0 radical (unpaired) electrons. The van der Waals surface area contributed by atoms with Gasteiger partial charge in [0.2, 0.25) is 10.0 Å². The van der Waals surface area contributed by atoms with Crippen LogP contribution in [0, 0.1) is 0 Å². The van der Waals surface area contributed by atoms with E-state index in [0.29, 0.717) is 5.69 Å². The van der Waals surface area contributed by atoms with Gasteiger partial charge in [0.15, 0.2) is 0 Å². The lowest BCUT2D eigenvalue weighted by Crippen LogP contribution is -2.31. The Labute approximate surface area is 160 Å². The third-order valence-corrected chi connectivity index (χ3v) is 5.98. The first kappa shape index (κ1) is 19.1. The molecular formula is C17H18N4O4S2. The van der Waals surface area contributed by atoms with E-state index in [4.69, 9.17) is 0 Å². The molecule has 0 aliphatic carbocycles. The molecule has 0 fully saturated rings. The predicted octanol–water partition coefficient (Wildman–Crippen LogP) is 2.69. The van der Waals surface area contributed by atoms with Gasteiger partial charge >= 0.3 is 6.09 Å². The van der Waals surface area contributed by atoms with Gasteiger partial charge in [-0.15, -0.1) is 0 Å². The fourth-order valence-electron chi connectivity index (χ4n) is 2.45. The second-order valence-electron chi connectivity index (χ2n) is 5.55. The van der Waals surface area contributed by atoms with Crippen molar-refractivity contribution in [3.8, 4) is 0 Å². The van der Waals surface area contributed by atoms with Crippen LogP contribution in [0.1, 0.15) is 11.6 Å². The molecule has 3 rings (SSSR count).